The van der Waals surface area contributed by atoms with Gasteiger partial charge in [0.15, 0.2) is 12.2 Å². The molecule has 3 heterocycles. The van der Waals surface area contributed by atoms with E-state index in [-0.39, 0.29) is 18.5 Å². The van der Waals surface area contributed by atoms with Crippen molar-refractivity contribution < 1.29 is 9.59 Å². The van der Waals surface area contributed by atoms with Crippen molar-refractivity contribution in [2.75, 3.05) is 25.0 Å². The summed E-state index contributed by atoms with van der Waals surface area (Å²) in [6.45, 7) is 7.96. The maximum atomic E-state index is 13.5. The second kappa shape index (κ2) is 7.11. The van der Waals surface area contributed by atoms with Crippen molar-refractivity contribution in [3.05, 3.63) is 64.7 Å². The Hall–Kier alpha value is -3.35. The normalized spacial score (nSPS) is 22.8. The summed E-state index contributed by atoms with van der Waals surface area (Å²) >= 11 is 0. The second-order valence-corrected chi connectivity index (χ2v) is 8.71. The maximum absolute atomic E-state index is 13.5. The molecule has 2 unspecified atom stereocenters. The highest BCUT2D eigenvalue weighted by molar-refractivity contribution is 6.08. The van der Waals surface area contributed by atoms with Gasteiger partial charge in [0.1, 0.15) is 0 Å². The van der Waals surface area contributed by atoms with Gasteiger partial charge in [-0.05, 0) is 49.6 Å². The van der Waals surface area contributed by atoms with Crippen LogP contribution >= 0.6 is 0 Å². The lowest BCUT2D eigenvalue weighted by Crippen LogP contribution is -2.64. The summed E-state index contributed by atoms with van der Waals surface area (Å²) in [6, 6.07) is 13.5. The Kier molecular flexibility index (Phi) is 4.50. The van der Waals surface area contributed by atoms with Gasteiger partial charge < -0.3 is 14.7 Å². The van der Waals surface area contributed by atoms with Crippen molar-refractivity contribution in [1.82, 2.24) is 14.7 Å². The summed E-state index contributed by atoms with van der Waals surface area (Å²) in [6.07, 6.45) is -0.488. The quantitative estimate of drug-likeness (QED) is 0.771. The van der Waals surface area contributed by atoms with Crippen molar-refractivity contribution in [2.45, 2.75) is 39.5 Å². The third kappa shape index (κ3) is 3.07. The number of carbonyl (C=O) groups excluding carboxylic acids is 2. The molecule has 160 valence electrons. The molecule has 3 aliphatic heterocycles. The van der Waals surface area contributed by atoms with E-state index in [0.717, 1.165) is 29.3 Å². The van der Waals surface area contributed by atoms with Gasteiger partial charge in [0.25, 0.3) is 5.91 Å². The summed E-state index contributed by atoms with van der Waals surface area (Å²) in [7, 11) is 1.74. The molecule has 3 aliphatic rings. The van der Waals surface area contributed by atoms with E-state index in [0.29, 0.717) is 6.54 Å². The Balaban J connectivity index is 1.44. The fourth-order valence-electron chi connectivity index (χ4n) is 4.71. The number of hydrogen-bond donors (Lipinski definition) is 0. The van der Waals surface area contributed by atoms with E-state index in [2.05, 4.69) is 41.8 Å². The predicted octanol–water partition coefficient (Wildman–Crippen LogP) is 2.89. The van der Waals surface area contributed by atoms with E-state index < -0.39 is 12.2 Å². The summed E-state index contributed by atoms with van der Waals surface area (Å²) in [5, 5.41) is 0. The molecule has 31 heavy (non-hydrogen) atoms. The summed E-state index contributed by atoms with van der Waals surface area (Å²) in [4.78, 5) is 38.6. The van der Waals surface area contributed by atoms with Crippen LogP contribution in [0.5, 0.6) is 0 Å². The van der Waals surface area contributed by atoms with E-state index in [1.54, 1.807) is 11.9 Å². The van der Waals surface area contributed by atoms with Gasteiger partial charge in [0.05, 0.1) is 6.54 Å². The molecule has 2 saturated heterocycles. The number of imide groups is 1. The van der Waals surface area contributed by atoms with Crippen LogP contribution in [0.2, 0.25) is 0 Å². The summed E-state index contributed by atoms with van der Waals surface area (Å²) in [5.41, 5.74) is 5.59. The fraction of sp³-hybridized carbons (Fsp3) is 0.375. The van der Waals surface area contributed by atoms with E-state index in [9.17, 15) is 9.59 Å². The molecule has 0 saturated carbocycles. The number of benzene rings is 2. The molecule has 3 amide bonds. The zero-order chi connectivity index (χ0) is 21.9. The molecule has 2 aromatic carbocycles. The smallest absolute Gasteiger partial charge is 0.325 e. The zero-order valence-corrected chi connectivity index (χ0v) is 18.4. The number of nitrogens with zero attached hydrogens (tertiary/aromatic N) is 5. The van der Waals surface area contributed by atoms with Gasteiger partial charge in [-0.25, -0.2) is 9.79 Å². The Labute approximate surface area is 182 Å². The standard InChI is InChI=1S/C24H27N5O2/c1-15-6-5-7-18(12-15)14-29-22(30)20-21(26(4)24(29)31)25-23-27(10-11-28(20)23)19-9-8-16(2)17(3)13-19/h5-9,12-13,20-21H,10-11,14H2,1-4H3. The van der Waals surface area contributed by atoms with Gasteiger partial charge in [-0.2, -0.15) is 0 Å². The molecule has 0 radical (unpaired) electrons. The highest BCUT2D eigenvalue weighted by Gasteiger charge is 2.54. The van der Waals surface area contributed by atoms with Crippen LogP contribution in [-0.4, -0.2) is 64.9 Å². The number of carbonyl (C=O) groups is 2. The van der Waals surface area contributed by atoms with E-state index in [4.69, 9.17) is 4.99 Å². The van der Waals surface area contributed by atoms with Gasteiger partial charge in [0.2, 0.25) is 5.96 Å². The van der Waals surface area contributed by atoms with Gasteiger partial charge in [-0.1, -0.05) is 35.9 Å². The second-order valence-electron chi connectivity index (χ2n) is 8.71. The number of urea groups is 1. The van der Waals surface area contributed by atoms with E-state index in [1.807, 2.05) is 31.2 Å². The van der Waals surface area contributed by atoms with Crippen LogP contribution in [0, 0.1) is 20.8 Å². The molecule has 7 heteroatoms. The first-order valence-corrected chi connectivity index (χ1v) is 10.7. The highest BCUT2D eigenvalue weighted by atomic mass is 16.2. The van der Waals surface area contributed by atoms with Crippen LogP contribution in [0.15, 0.2) is 47.5 Å². The van der Waals surface area contributed by atoms with E-state index in [1.165, 1.54) is 16.0 Å². The van der Waals surface area contributed by atoms with Crippen molar-refractivity contribution >= 4 is 23.6 Å². The number of likely N-dealkylation sites (N-methyl/N-ethyl adjacent to an activating group) is 1. The fourth-order valence-corrected chi connectivity index (χ4v) is 4.71. The third-order valence-corrected chi connectivity index (χ3v) is 6.60. The molecule has 0 aliphatic carbocycles. The largest absolute Gasteiger partial charge is 0.328 e. The average Bonchev–Trinajstić information content (AvgIpc) is 3.31. The van der Waals surface area contributed by atoms with Crippen molar-refractivity contribution in [3.8, 4) is 0 Å². The molecular weight excluding hydrogens is 390 g/mol. The molecular formula is C24H27N5O2. The van der Waals surface area contributed by atoms with Gasteiger partial charge >= 0.3 is 6.03 Å². The topological polar surface area (TPSA) is 59.5 Å². The zero-order valence-electron chi connectivity index (χ0n) is 18.4. The lowest BCUT2D eigenvalue weighted by atomic mass is 10.1. The van der Waals surface area contributed by atoms with Gasteiger partial charge in [-0.3, -0.25) is 9.69 Å². The molecule has 7 nitrogen and oxygen atoms in total. The number of fused-ring (bicyclic) bond motifs is 3. The summed E-state index contributed by atoms with van der Waals surface area (Å²) in [5.74, 6) is 0.610. The minimum absolute atomic E-state index is 0.171. The van der Waals surface area contributed by atoms with Gasteiger partial charge in [0, 0.05) is 25.8 Å². The van der Waals surface area contributed by atoms with E-state index >= 15 is 0 Å². The number of amides is 3. The monoisotopic (exact) mass is 417 g/mol. The Morgan fingerprint density at radius 1 is 1.00 bits per heavy atom. The van der Waals surface area contributed by atoms with Crippen molar-refractivity contribution in [3.63, 3.8) is 0 Å². The van der Waals surface area contributed by atoms with Crippen LogP contribution in [-0.2, 0) is 11.3 Å². The number of anilines is 1. The first kappa shape index (κ1) is 19.6. The van der Waals surface area contributed by atoms with Crippen molar-refractivity contribution in [1.29, 1.82) is 0 Å². The highest BCUT2D eigenvalue weighted by Crippen LogP contribution is 2.34. The minimum Gasteiger partial charge on any atom is -0.325 e. The Morgan fingerprint density at radius 2 is 1.81 bits per heavy atom. The van der Waals surface area contributed by atoms with Crippen LogP contribution in [0.3, 0.4) is 0 Å². The first-order chi connectivity index (χ1) is 14.8. The van der Waals surface area contributed by atoms with Crippen LogP contribution < -0.4 is 4.90 Å². The number of rotatable bonds is 3. The predicted molar refractivity (Wildman–Crippen MR) is 120 cm³/mol. The summed E-state index contributed by atoms with van der Waals surface area (Å²) < 4.78 is 0. The van der Waals surface area contributed by atoms with Crippen LogP contribution in [0.1, 0.15) is 22.3 Å². The average molecular weight is 418 g/mol. The maximum Gasteiger partial charge on any atom is 0.328 e. The number of hydrogen-bond acceptors (Lipinski definition) is 5. The molecule has 0 bridgehead atoms. The SMILES string of the molecule is Cc1cccc(CN2C(=O)C3C(N=C4N(c5ccc(C)c(C)c5)CCN43)N(C)C2=O)c1. The first-order valence-electron chi connectivity index (χ1n) is 10.7. The molecule has 0 aromatic heterocycles. The molecule has 5 rings (SSSR count). The van der Waals surface area contributed by atoms with Crippen LogP contribution in [0.25, 0.3) is 0 Å². The van der Waals surface area contributed by atoms with Crippen molar-refractivity contribution in [2.24, 2.45) is 4.99 Å². The number of aryl methyl sites for hydroxylation is 3. The number of guanidine groups is 1. The lowest BCUT2D eigenvalue weighted by molar-refractivity contribution is -0.137. The van der Waals surface area contributed by atoms with Crippen LogP contribution in [0.4, 0.5) is 10.5 Å². The molecule has 2 fully saturated rings. The third-order valence-electron chi connectivity index (χ3n) is 6.60. The molecule has 2 atom stereocenters. The molecule has 0 spiro atoms. The molecule has 0 N–H and O–H groups in total. The van der Waals surface area contributed by atoms with Gasteiger partial charge in [-0.15, -0.1) is 0 Å². The Bertz CT molecular complexity index is 1110. The molecule has 2 aromatic rings. The minimum atomic E-state index is -0.488. The number of aliphatic imine (C=N–C) groups is 1. The lowest BCUT2D eigenvalue weighted by Gasteiger charge is -2.40. The Morgan fingerprint density at radius 3 is 2.55 bits per heavy atom.